The van der Waals surface area contributed by atoms with Gasteiger partial charge in [0.2, 0.25) is 5.91 Å². The van der Waals surface area contributed by atoms with Gasteiger partial charge in [-0.05, 0) is 45.1 Å². The van der Waals surface area contributed by atoms with Gasteiger partial charge in [-0.2, -0.15) is 0 Å². The fourth-order valence-electron chi connectivity index (χ4n) is 3.88. The van der Waals surface area contributed by atoms with E-state index in [1.165, 1.54) is 0 Å². The molecule has 4 rings (SSSR count). The Morgan fingerprint density at radius 3 is 2.67 bits per heavy atom. The molecule has 0 saturated carbocycles. The van der Waals surface area contributed by atoms with Crippen LogP contribution < -0.4 is 15.0 Å². The number of fused-ring (bicyclic) bond motifs is 1. The van der Waals surface area contributed by atoms with Crippen molar-refractivity contribution in [3.8, 4) is 5.75 Å². The summed E-state index contributed by atoms with van der Waals surface area (Å²) in [6, 6.07) is 12.3. The molecular formula is C21H26N4O2. The molecule has 1 amide bonds. The summed E-state index contributed by atoms with van der Waals surface area (Å²) in [6.45, 7) is 2.45. The third-order valence-electron chi connectivity index (χ3n) is 5.58. The first-order valence-electron chi connectivity index (χ1n) is 9.52. The van der Waals surface area contributed by atoms with E-state index in [9.17, 15) is 4.79 Å². The first-order valence-corrected chi connectivity index (χ1v) is 9.52. The quantitative estimate of drug-likeness (QED) is 0.902. The summed E-state index contributed by atoms with van der Waals surface area (Å²) in [7, 11) is 4.29. The molecule has 1 atom stereocenters. The lowest BCUT2D eigenvalue weighted by Crippen LogP contribution is -2.42. The highest BCUT2D eigenvalue weighted by atomic mass is 16.5. The largest absolute Gasteiger partial charge is 0.492 e. The van der Waals surface area contributed by atoms with E-state index < -0.39 is 0 Å². The number of ether oxygens (including phenoxy) is 1. The van der Waals surface area contributed by atoms with E-state index in [0.717, 1.165) is 42.9 Å². The molecule has 27 heavy (non-hydrogen) atoms. The fourth-order valence-corrected chi connectivity index (χ4v) is 3.88. The Hall–Kier alpha value is -2.60. The molecule has 0 spiro atoms. The minimum absolute atomic E-state index is 0.0769. The second-order valence-corrected chi connectivity index (χ2v) is 7.47. The van der Waals surface area contributed by atoms with Crippen LogP contribution in [0.15, 0.2) is 42.6 Å². The van der Waals surface area contributed by atoms with Gasteiger partial charge in [0.15, 0.2) is 0 Å². The number of anilines is 2. The van der Waals surface area contributed by atoms with Crippen LogP contribution in [0, 0.1) is 0 Å². The topological polar surface area (TPSA) is 57.7 Å². The molecule has 6 nitrogen and oxygen atoms in total. The van der Waals surface area contributed by atoms with Crippen molar-refractivity contribution in [3.63, 3.8) is 0 Å². The molecule has 2 aromatic rings. The standard InChI is InChI=1S/C21H26N4O2/c1-24(2)15-9-11-25(12-10-15)16-7-8-20(22-13-16)23-21(26)18-14-27-19-6-4-3-5-17(18)19/h3-8,13,15,18H,9-12,14H2,1-2H3,(H,22,23,26). The monoisotopic (exact) mass is 366 g/mol. The number of carbonyl (C=O) groups excluding carboxylic acids is 1. The second kappa shape index (κ2) is 7.56. The Morgan fingerprint density at radius 1 is 1.19 bits per heavy atom. The molecule has 0 aliphatic carbocycles. The summed E-state index contributed by atoms with van der Waals surface area (Å²) < 4.78 is 5.60. The summed E-state index contributed by atoms with van der Waals surface area (Å²) >= 11 is 0. The molecule has 1 aromatic heterocycles. The van der Waals surface area contributed by atoms with E-state index in [1.54, 1.807) is 0 Å². The van der Waals surface area contributed by atoms with Crippen LogP contribution in [0.3, 0.4) is 0 Å². The van der Waals surface area contributed by atoms with Crippen LogP contribution >= 0.6 is 0 Å². The van der Waals surface area contributed by atoms with Crippen molar-refractivity contribution in [1.82, 2.24) is 9.88 Å². The smallest absolute Gasteiger partial charge is 0.236 e. The summed E-state index contributed by atoms with van der Waals surface area (Å²) in [5.74, 6) is 1.01. The molecule has 3 heterocycles. The molecule has 6 heteroatoms. The van der Waals surface area contributed by atoms with Crippen LogP contribution in [0.5, 0.6) is 5.75 Å². The average Bonchev–Trinajstić information content (AvgIpc) is 3.13. The zero-order valence-corrected chi connectivity index (χ0v) is 15.9. The number of carbonyl (C=O) groups is 1. The zero-order chi connectivity index (χ0) is 18.8. The third kappa shape index (κ3) is 3.76. The first kappa shape index (κ1) is 17.8. The van der Waals surface area contributed by atoms with Gasteiger partial charge in [0.05, 0.1) is 11.9 Å². The molecule has 2 aliphatic rings. The molecule has 1 unspecified atom stereocenters. The van der Waals surface area contributed by atoms with Crippen molar-refractivity contribution in [2.24, 2.45) is 0 Å². The molecular weight excluding hydrogens is 340 g/mol. The lowest BCUT2D eigenvalue weighted by Gasteiger charge is -2.36. The van der Waals surface area contributed by atoms with Crippen LogP contribution in [0.1, 0.15) is 24.3 Å². The Bertz CT molecular complexity index is 798. The summed E-state index contributed by atoms with van der Waals surface area (Å²) in [4.78, 5) is 21.7. The summed E-state index contributed by atoms with van der Waals surface area (Å²) in [6.07, 6.45) is 4.17. The van der Waals surface area contributed by atoms with Gasteiger partial charge in [0, 0.05) is 24.7 Å². The van der Waals surface area contributed by atoms with Gasteiger partial charge in [-0.3, -0.25) is 4.79 Å². The second-order valence-electron chi connectivity index (χ2n) is 7.47. The number of nitrogens with one attached hydrogen (secondary N) is 1. The van der Waals surface area contributed by atoms with E-state index in [4.69, 9.17) is 4.74 Å². The summed E-state index contributed by atoms with van der Waals surface area (Å²) in [5.41, 5.74) is 2.05. The first-order chi connectivity index (χ1) is 13.1. The zero-order valence-electron chi connectivity index (χ0n) is 15.9. The van der Waals surface area contributed by atoms with Crippen molar-refractivity contribution >= 4 is 17.4 Å². The van der Waals surface area contributed by atoms with Crippen LogP contribution in [0.2, 0.25) is 0 Å². The van der Waals surface area contributed by atoms with Crippen LogP contribution in [0.4, 0.5) is 11.5 Å². The lowest BCUT2D eigenvalue weighted by molar-refractivity contribution is -0.117. The van der Waals surface area contributed by atoms with Gasteiger partial charge < -0.3 is 19.9 Å². The third-order valence-corrected chi connectivity index (χ3v) is 5.58. The average molecular weight is 366 g/mol. The van der Waals surface area contributed by atoms with Crippen molar-refractivity contribution in [3.05, 3.63) is 48.2 Å². The van der Waals surface area contributed by atoms with E-state index in [-0.39, 0.29) is 11.8 Å². The number of amides is 1. The minimum Gasteiger partial charge on any atom is -0.492 e. The number of hydrogen-bond donors (Lipinski definition) is 1. The molecule has 2 aliphatic heterocycles. The van der Waals surface area contributed by atoms with Gasteiger partial charge in [0.1, 0.15) is 24.1 Å². The lowest BCUT2D eigenvalue weighted by atomic mass is 10.0. The van der Waals surface area contributed by atoms with Crippen LogP contribution in [-0.2, 0) is 4.79 Å². The Balaban J connectivity index is 1.37. The SMILES string of the molecule is CN(C)C1CCN(c2ccc(NC(=O)C3COc4ccccc43)nc2)CC1. The van der Waals surface area contributed by atoms with E-state index in [2.05, 4.69) is 34.2 Å². The predicted octanol–water partition coefficient (Wildman–Crippen LogP) is 2.73. The minimum atomic E-state index is -0.285. The van der Waals surface area contributed by atoms with Gasteiger partial charge in [-0.1, -0.05) is 18.2 Å². The van der Waals surface area contributed by atoms with Crippen molar-refractivity contribution in [2.75, 3.05) is 44.0 Å². The number of benzene rings is 1. The molecule has 1 aromatic carbocycles. The van der Waals surface area contributed by atoms with Crippen LogP contribution in [-0.4, -0.2) is 55.6 Å². The highest BCUT2D eigenvalue weighted by Crippen LogP contribution is 2.34. The van der Waals surface area contributed by atoms with E-state index in [1.807, 2.05) is 42.6 Å². The normalized spacial score (nSPS) is 19.7. The maximum atomic E-state index is 12.6. The summed E-state index contributed by atoms with van der Waals surface area (Å²) in [5, 5.41) is 2.92. The van der Waals surface area contributed by atoms with Gasteiger partial charge >= 0.3 is 0 Å². The molecule has 142 valence electrons. The number of piperidine rings is 1. The molecule has 1 N–H and O–H groups in total. The Kier molecular flexibility index (Phi) is 4.99. The number of hydrogen-bond acceptors (Lipinski definition) is 5. The highest BCUT2D eigenvalue weighted by molar-refractivity contribution is 5.96. The van der Waals surface area contributed by atoms with Crippen LogP contribution in [0.25, 0.3) is 0 Å². The van der Waals surface area contributed by atoms with Gasteiger partial charge in [-0.15, -0.1) is 0 Å². The number of pyridine rings is 1. The van der Waals surface area contributed by atoms with Gasteiger partial charge in [-0.25, -0.2) is 4.98 Å². The highest BCUT2D eigenvalue weighted by Gasteiger charge is 2.30. The van der Waals surface area contributed by atoms with Gasteiger partial charge in [0.25, 0.3) is 0 Å². The molecule has 1 saturated heterocycles. The van der Waals surface area contributed by atoms with E-state index >= 15 is 0 Å². The maximum absolute atomic E-state index is 12.6. The number of aromatic nitrogens is 1. The number of nitrogens with zero attached hydrogens (tertiary/aromatic N) is 3. The van der Waals surface area contributed by atoms with E-state index in [0.29, 0.717) is 18.5 Å². The Morgan fingerprint density at radius 2 is 1.96 bits per heavy atom. The molecule has 1 fully saturated rings. The fraction of sp³-hybridized carbons (Fsp3) is 0.429. The number of para-hydroxylation sites is 1. The predicted molar refractivity (Wildman–Crippen MR) is 106 cm³/mol. The molecule has 0 bridgehead atoms. The van der Waals surface area contributed by atoms with Crippen molar-refractivity contribution < 1.29 is 9.53 Å². The Labute approximate surface area is 160 Å². The number of rotatable bonds is 4. The van der Waals surface area contributed by atoms with Crippen molar-refractivity contribution in [1.29, 1.82) is 0 Å². The maximum Gasteiger partial charge on any atom is 0.236 e. The molecule has 0 radical (unpaired) electrons. The van der Waals surface area contributed by atoms with Crippen molar-refractivity contribution in [2.45, 2.75) is 24.8 Å².